The highest BCUT2D eigenvalue weighted by Gasteiger charge is 2.20. The van der Waals surface area contributed by atoms with E-state index in [2.05, 4.69) is 47.0 Å². The number of nitrogens with zero attached hydrogens (tertiary/aromatic N) is 1. The molecule has 0 unspecified atom stereocenters. The number of hydrogen-bond donors (Lipinski definition) is 2. The maximum Gasteiger partial charge on any atom is 0.119 e. The smallest absolute Gasteiger partial charge is 0.119 e. The fraction of sp³-hybridized carbons (Fsp3) is 0.500. The first kappa shape index (κ1) is 15.6. The summed E-state index contributed by atoms with van der Waals surface area (Å²) in [6.45, 7) is 5.55. The van der Waals surface area contributed by atoms with Crippen LogP contribution in [0.4, 0.5) is 0 Å². The lowest BCUT2D eigenvalue weighted by molar-refractivity contribution is 0.230. The van der Waals surface area contributed by atoms with Gasteiger partial charge in [0.15, 0.2) is 0 Å². The molecular weight excluding hydrogens is 298 g/mol. The molecule has 0 bridgehead atoms. The molecule has 2 aliphatic heterocycles. The van der Waals surface area contributed by atoms with Gasteiger partial charge < -0.3 is 20.5 Å². The molecule has 1 saturated heterocycles. The van der Waals surface area contributed by atoms with Crippen LogP contribution in [0.5, 0.6) is 5.75 Å². The lowest BCUT2D eigenvalue weighted by atomic mass is 9.89. The molecule has 1 fully saturated rings. The number of aryl methyl sites for hydroxylation is 1. The van der Waals surface area contributed by atoms with Gasteiger partial charge in [-0.15, -0.1) is 0 Å². The number of likely N-dealkylation sites (tertiary alicyclic amines) is 1. The van der Waals surface area contributed by atoms with Gasteiger partial charge in [-0.1, -0.05) is 0 Å². The van der Waals surface area contributed by atoms with Crippen LogP contribution < -0.4 is 15.6 Å². The lowest BCUT2D eigenvalue weighted by Crippen LogP contribution is -2.30. The minimum absolute atomic E-state index is 0.752. The zero-order valence-electron chi connectivity index (χ0n) is 14.5. The van der Waals surface area contributed by atoms with Crippen molar-refractivity contribution in [3.63, 3.8) is 0 Å². The Labute approximate surface area is 144 Å². The molecule has 0 spiro atoms. The standard InChI is InChI=1S/C20H27N3O/c1-15-4-2-11-23(15)12-3-13-24-18-7-8-19-17(14-18)6-5-16-9-10-21-22-20(16)19/h7-10,14-15,21-22H,2-6,11-13H2,1H3/t15-/m1/s1. The van der Waals surface area contributed by atoms with Crippen molar-refractivity contribution in [1.29, 1.82) is 0 Å². The monoisotopic (exact) mass is 325 g/mol. The molecular formula is C20H27N3O. The fourth-order valence-electron chi connectivity index (χ4n) is 4.03. The van der Waals surface area contributed by atoms with E-state index in [4.69, 9.17) is 4.74 Å². The third-order valence-electron chi connectivity index (χ3n) is 5.44. The van der Waals surface area contributed by atoms with Crippen molar-refractivity contribution in [3.8, 4) is 5.75 Å². The van der Waals surface area contributed by atoms with Crippen molar-refractivity contribution >= 4 is 5.70 Å². The third kappa shape index (κ3) is 3.16. The quantitative estimate of drug-likeness (QED) is 0.815. The van der Waals surface area contributed by atoms with Crippen molar-refractivity contribution in [1.82, 2.24) is 15.8 Å². The van der Waals surface area contributed by atoms with Crippen LogP contribution in [0.15, 0.2) is 36.0 Å². The first-order valence-electron chi connectivity index (χ1n) is 9.22. The van der Waals surface area contributed by atoms with E-state index in [1.54, 1.807) is 0 Å². The fourth-order valence-corrected chi connectivity index (χ4v) is 4.03. The van der Waals surface area contributed by atoms with Crippen LogP contribution in [0.1, 0.15) is 43.7 Å². The Morgan fingerprint density at radius 2 is 2.25 bits per heavy atom. The summed E-state index contributed by atoms with van der Waals surface area (Å²) in [7, 11) is 0. The van der Waals surface area contributed by atoms with Gasteiger partial charge in [-0.3, -0.25) is 0 Å². The Morgan fingerprint density at radius 1 is 1.29 bits per heavy atom. The summed E-state index contributed by atoms with van der Waals surface area (Å²) in [6, 6.07) is 7.27. The summed E-state index contributed by atoms with van der Waals surface area (Å²) in [4.78, 5) is 2.58. The molecule has 2 N–H and O–H groups in total. The Bertz CT molecular complexity index is 665. The number of benzene rings is 1. The highest BCUT2D eigenvalue weighted by molar-refractivity contribution is 5.74. The molecule has 4 heteroatoms. The summed E-state index contributed by atoms with van der Waals surface area (Å²) in [5.41, 5.74) is 11.6. The Hall–Kier alpha value is -1.94. The van der Waals surface area contributed by atoms with Crippen molar-refractivity contribution in [2.24, 2.45) is 0 Å². The highest BCUT2D eigenvalue weighted by atomic mass is 16.5. The van der Waals surface area contributed by atoms with Crippen molar-refractivity contribution < 1.29 is 4.74 Å². The van der Waals surface area contributed by atoms with Gasteiger partial charge in [0.25, 0.3) is 0 Å². The molecule has 4 rings (SSSR count). The van der Waals surface area contributed by atoms with Gasteiger partial charge in [0.1, 0.15) is 5.75 Å². The Balaban J connectivity index is 1.34. The van der Waals surface area contributed by atoms with E-state index < -0.39 is 0 Å². The first-order chi connectivity index (χ1) is 11.8. The average molecular weight is 325 g/mol. The lowest BCUT2D eigenvalue weighted by Gasteiger charge is -2.26. The summed E-state index contributed by atoms with van der Waals surface area (Å²) in [5.74, 6) is 1.01. The summed E-state index contributed by atoms with van der Waals surface area (Å²) >= 11 is 0. The number of ether oxygens (including phenoxy) is 1. The van der Waals surface area contributed by atoms with Crippen LogP contribution in [0.2, 0.25) is 0 Å². The van der Waals surface area contributed by atoms with Gasteiger partial charge in [0, 0.05) is 24.4 Å². The number of nitrogens with one attached hydrogen (secondary N) is 2. The van der Waals surface area contributed by atoms with E-state index in [0.29, 0.717) is 0 Å². The molecule has 0 radical (unpaired) electrons. The summed E-state index contributed by atoms with van der Waals surface area (Å²) < 4.78 is 6.01. The van der Waals surface area contributed by atoms with E-state index in [-0.39, 0.29) is 0 Å². The average Bonchev–Trinajstić information content (AvgIpc) is 3.03. The van der Waals surface area contributed by atoms with E-state index in [0.717, 1.165) is 44.2 Å². The maximum absolute atomic E-state index is 6.01. The summed E-state index contributed by atoms with van der Waals surface area (Å²) in [5, 5.41) is 0. The molecule has 1 aromatic rings. The van der Waals surface area contributed by atoms with Gasteiger partial charge in [-0.25, -0.2) is 0 Å². The minimum atomic E-state index is 0.752. The molecule has 0 amide bonds. The molecule has 24 heavy (non-hydrogen) atoms. The molecule has 2 heterocycles. The van der Waals surface area contributed by atoms with Crippen molar-refractivity contribution in [2.45, 2.75) is 45.1 Å². The molecule has 3 aliphatic rings. The first-order valence-corrected chi connectivity index (χ1v) is 9.22. The number of allylic oxidation sites excluding steroid dienone is 2. The molecule has 1 aliphatic carbocycles. The Morgan fingerprint density at radius 3 is 3.12 bits per heavy atom. The Kier molecular flexibility index (Phi) is 4.48. The van der Waals surface area contributed by atoms with E-state index >= 15 is 0 Å². The normalized spacial score (nSPS) is 22.6. The van der Waals surface area contributed by atoms with Gasteiger partial charge in [0.05, 0.1) is 12.3 Å². The van der Waals surface area contributed by atoms with E-state index in [9.17, 15) is 0 Å². The van der Waals surface area contributed by atoms with Gasteiger partial charge >= 0.3 is 0 Å². The van der Waals surface area contributed by atoms with Crippen LogP contribution in [0.25, 0.3) is 5.70 Å². The maximum atomic E-state index is 6.01. The number of rotatable bonds is 5. The van der Waals surface area contributed by atoms with Crippen LogP contribution in [-0.4, -0.2) is 30.6 Å². The summed E-state index contributed by atoms with van der Waals surface area (Å²) in [6.07, 6.45) is 10.1. The van der Waals surface area contributed by atoms with Crippen LogP contribution in [0.3, 0.4) is 0 Å². The topological polar surface area (TPSA) is 36.5 Å². The molecule has 128 valence electrons. The molecule has 1 aromatic carbocycles. The largest absolute Gasteiger partial charge is 0.494 e. The van der Waals surface area contributed by atoms with Crippen LogP contribution >= 0.6 is 0 Å². The molecule has 1 atom stereocenters. The molecule has 0 aromatic heterocycles. The number of fused-ring (bicyclic) bond motifs is 2. The SMILES string of the molecule is C[C@@H]1CCCN1CCCOc1ccc2c(c1)CCC1=C2NNC=C1. The highest BCUT2D eigenvalue weighted by Crippen LogP contribution is 2.33. The number of hydrogen-bond acceptors (Lipinski definition) is 4. The second-order valence-electron chi connectivity index (χ2n) is 7.05. The van der Waals surface area contributed by atoms with Crippen LogP contribution in [0, 0.1) is 0 Å². The zero-order chi connectivity index (χ0) is 16.4. The predicted octanol–water partition coefficient (Wildman–Crippen LogP) is 3.22. The van der Waals surface area contributed by atoms with Gasteiger partial charge in [-0.05, 0) is 81.0 Å². The van der Waals surface area contributed by atoms with E-state index in [1.807, 2.05) is 6.20 Å². The molecule has 0 saturated carbocycles. The van der Waals surface area contributed by atoms with Crippen molar-refractivity contribution in [2.75, 3.05) is 19.7 Å². The predicted molar refractivity (Wildman–Crippen MR) is 97.5 cm³/mol. The minimum Gasteiger partial charge on any atom is -0.494 e. The number of hydrazine groups is 1. The third-order valence-corrected chi connectivity index (χ3v) is 5.44. The van der Waals surface area contributed by atoms with Gasteiger partial charge in [0.2, 0.25) is 0 Å². The van der Waals surface area contributed by atoms with Crippen LogP contribution in [-0.2, 0) is 6.42 Å². The second kappa shape index (κ2) is 6.89. The van der Waals surface area contributed by atoms with Gasteiger partial charge in [-0.2, -0.15) is 0 Å². The zero-order valence-corrected chi connectivity index (χ0v) is 14.5. The molecule has 4 nitrogen and oxygen atoms in total. The van der Waals surface area contributed by atoms with Crippen molar-refractivity contribution in [3.05, 3.63) is 47.2 Å². The van der Waals surface area contributed by atoms with E-state index in [1.165, 1.54) is 41.8 Å². The second-order valence-corrected chi connectivity index (χ2v) is 7.05.